The summed E-state index contributed by atoms with van der Waals surface area (Å²) in [5, 5.41) is 11.1. The van der Waals surface area contributed by atoms with Crippen LogP contribution >= 0.6 is 0 Å². The number of fused-ring (bicyclic) bond motifs is 1. The first kappa shape index (κ1) is 20.9. The number of rotatable bonds is 5. The number of ether oxygens (including phenoxy) is 2. The molecule has 3 heterocycles. The van der Waals surface area contributed by atoms with E-state index in [1.165, 1.54) is 42.2 Å². The first-order valence-corrected chi connectivity index (χ1v) is 9.58. The molecule has 10 heteroatoms. The maximum absolute atomic E-state index is 13.6. The van der Waals surface area contributed by atoms with Crippen molar-refractivity contribution >= 4 is 11.7 Å². The number of hydrogen-bond acceptors (Lipinski definition) is 8. The zero-order valence-corrected chi connectivity index (χ0v) is 17.2. The third-order valence-corrected chi connectivity index (χ3v) is 5.31. The van der Waals surface area contributed by atoms with Gasteiger partial charge in [0.15, 0.2) is 0 Å². The van der Waals surface area contributed by atoms with E-state index in [0.717, 1.165) is 0 Å². The molecule has 1 aliphatic heterocycles. The van der Waals surface area contributed by atoms with Gasteiger partial charge in [0.25, 0.3) is 11.2 Å². The number of carbonyl (C=O) groups excluding carboxylic acids is 1. The van der Waals surface area contributed by atoms with Crippen LogP contribution in [-0.4, -0.2) is 22.6 Å². The molecule has 164 valence electrons. The van der Waals surface area contributed by atoms with Gasteiger partial charge in [-0.05, 0) is 24.6 Å². The average Bonchev–Trinajstić information content (AvgIpc) is 3.28. The lowest BCUT2D eigenvalue weighted by atomic mass is 9.83. The molecule has 1 aromatic carbocycles. The van der Waals surface area contributed by atoms with Crippen LogP contribution in [0.2, 0.25) is 0 Å². The first-order chi connectivity index (χ1) is 15.3. The summed E-state index contributed by atoms with van der Waals surface area (Å²) >= 11 is 0. The summed E-state index contributed by atoms with van der Waals surface area (Å²) in [6, 6.07) is 10.7. The lowest BCUT2D eigenvalue weighted by Crippen LogP contribution is -2.35. The highest BCUT2D eigenvalue weighted by Crippen LogP contribution is 2.41. The Balaban J connectivity index is 1.94. The van der Waals surface area contributed by atoms with Crippen molar-refractivity contribution in [2.75, 3.05) is 7.11 Å². The molecule has 4 rings (SSSR count). The third-order valence-electron chi connectivity index (χ3n) is 5.31. The number of nitrogens with zero attached hydrogens (tertiary/aromatic N) is 2. The highest BCUT2D eigenvalue weighted by Gasteiger charge is 2.38. The molecule has 0 amide bonds. The number of pyridine rings is 1. The van der Waals surface area contributed by atoms with Crippen LogP contribution in [-0.2, 0) is 16.1 Å². The van der Waals surface area contributed by atoms with Crippen molar-refractivity contribution in [3.63, 3.8) is 0 Å². The van der Waals surface area contributed by atoms with Crippen LogP contribution in [0.5, 0.6) is 5.75 Å². The molecule has 1 atom stereocenters. The lowest BCUT2D eigenvalue weighted by Gasteiger charge is -2.28. The van der Waals surface area contributed by atoms with Crippen molar-refractivity contribution in [3.05, 3.63) is 103 Å². The molecule has 0 fully saturated rings. The normalized spacial score (nSPS) is 15.1. The van der Waals surface area contributed by atoms with Gasteiger partial charge in [0.1, 0.15) is 17.1 Å². The Kier molecular flexibility index (Phi) is 5.27. The van der Waals surface area contributed by atoms with Gasteiger partial charge in [-0.1, -0.05) is 12.1 Å². The maximum atomic E-state index is 13.6. The monoisotopic (exact) mass is 437 g/mol. The van der Waals surface area contributed by atoms with Gasteiger partial charge in [-0.15, -0.1) is 0 Å². The molecule has 0 saturated carbocycles. The summed E-state index contributed by atoms with van der Waals surface area (Å²) < 4.78 is 17.4. The van der Waals surface area contributed by atoms with Gasteiger partial charge in [0, 0.05) is 23.9 Å². The Labute approximate surface area is 181 Å². The smallest absolute Gasteiger partial charge is 0.340 e. The van der Waals surface area contributed by atoms with E-state index in [0.29, 0.717) is 17.0 Å². The number of hydrogen-bond donors (Lipinski definition) is 1. The van der Waals surface area contributed by atoms with Gasteiger partial charge in [0.2, 0.25) is 5.88 Å². The largest absolute Gasteiger partial charge is 0.467 e. The Morgan fingerprint density at radius 3 is 2.59 bits per heavy atom. The van der Waals surface area contributed by atoms with Crippen molar-refractivity contribution < 1.29 is 23.6 Å². The standard InChI is InChI=1S/C22H19N3O7/c1-12-10-16-18(21(26)24(12)11-15-4-3-9-31-15)17(19(20(23)32-16)22(27)30-2)13-5-7-14(8-6-13)25(28)29/h3-10,17H,11,23H2,1-2H3. The summed E-state index contributed by atoms with van der Waals surface area (Å²) in [5.41, 5.74) is 6.68. The molecule has 2 aromatic heterocycles. The van der Waals surface area contributed by atoms with E-state index in [1.54, 1.807) is 25.1 Å². The molecule has 0 aliphatic carbocycles. The number of carbonyl (C=O) groups is 1. The van der Waals surface area contributed by atoms with Gasteiger partial charge in [0.05, 0.1) is 36.3 Å². The average molecular weight is 437 g/mol. The van der Waals surface area contributed by atoms with Crippen molar-refractivity contribution in [2.45, 2.75) is 19.4 Å². The number of methoxy groups -OCH3 is 1. The van der Waals surface area contributed by atoms with E-state index in [-0.39, 0.29) is 35.0 Å². The van der Waals surface area contributed by atoms with Crippen molar-refractivity contribution in [2.24, 2.45) is 5.73 Å². The Bertz CT molecular complexity index is 1290. The molecule has 0 bridgehead atoms. The number of esters is 1. The molecule has 0 radical (unpaired) electrons. The molecule has 0 saturated heterocycles. The Hall–Kier alpha value is -4.34. The molecular weight excluding hydrogens is 418 g/mol. The number of nitro benzene ring substituents is 1. The summed E-state index contributed by atoms with van der Waals surface area (Å²) in [4.78, 5) is 36.7. The predicted octanol–water partition coefficient (Wildman–Crippen LogP) is 2.57. The molecule has 32 heavy (non-hydrogen) atoms. The number of benzene rings is 1. The van der Waals surface area contributed by atoms with Crippen LogP contribution in [0.15, 0.2) is 69.4 Å². The van der Waals surface area contributed by atoms with Gasteiger partial charge < -0.3 is 24.2 Å². The number of nitro groups is 1. The number of aromatic nitrogens is 1. The highest BCUT2D eigenvalue weighted by molar-refractivity contribution is 5.92. The van der Waals surface area contributed by atoms with E-state index >= 15 is 0 Å². The van der Waals surface area contributed by atoms with Crippen molar-refractivity contribution in [1.29, 1.82) is 0 Å². The van der Waals surface area contributed by atoms with E-state index < -0.39 is 22.4 Å². The predicted molar refractivity (Wildman–Crippen MR) is 112 cm³/mol. The molecule has 10 nitrogen and oxygen atoms in total. The van der Waals surface area contributed by atoms with Crippen LogP contribution in [0.25, 0.3) is 0 Å². The minimum absolute atomic E-state index is 0.0562. The molecular formula is C22H19N3O7. The fourth-order valence-electron chi connectivity index (χ4n) is 3.77. The van der Waals surface area contributed by atoms with Gasteiger partial charge in [-0.25, -0.2) is 4.79 Å². The fourth-order valence-corrected chi connectivity index (χ4v) is 3.77. The summed E-state index contributed by atoms with van der Waals surface area (Å²) in [5.74, 6) is -1.13. The van der Waals surface area contributed by atoms with E-state index in [9.17, 15) is 19.7 Å². The minimum atomic E-state index is -0.942. The Morgan fingerprint density at radius 1 is 1.28 bits per heavy atom. The van der Waals surface area contributed by atoms with Crippen molar-refractivity contribution in [1.82, 2.24) is 4.57 Å². The van der Waals surface area contributed by atoms with Crippen LogP contribution in [0.4, 0.5) is 5.69 Å². The molecule has 1 unspecified atom stereocenters. The second-order valence-corrected chi connectivity index (χ2v) is 7.19. The zero-order chi connectivity index (χ0) is 23.0. The topological polar surface area (TPSA) is 140 Å². The number of nitrogens with two attached hydrogens (primary N) is 1. The van der Waals surface area contributed by atoms with Crippen LogP contribution in [0, 0.1) is 17.0 Å². The van der Waals surface area contributed by atoms with Gasteiger partial charge in [-0.3, -0.25) is 14.9 Å². The second-order valence-electron chi connectivity index (χ2n) is 7.19. The lowest BCUT2D eigenvalue weighted by molar-refractivity contribution is -0.384. The molecule has 1 aliphatic rings. The SMILES string of the molecule is COC(=O)C1=C(N)Oc2cc(C)n(Cc3ccco3)c(=O)c2C1c1ccc([N+](=O)[O-])cc1. The highest BCUT2D eigenvalue weighted by atomic mass is 16.6. The van der Waals surface area contributed by atoms with E-state index in [1.807, 2.05) is 0 Å². The summed E-state index contributed by atoms with van der Waals surface area (Å²) in [7, 11) is 1.19. The summed E-state index contributed by atoms with van der Waals surface area (Å²) in [6.45, 7) is 1.91. The fraction of sp³-hybridized carbons (Fsp3) is 0.182. The first-order valence-electron chi connectivity index (χ1n) is 9.58. The van der Waals surface area contributed by atoms with E-state index in [4.69, 9.17) is 19.6 Å². The minimum Gasteiger partial charge on any atom is -0.467 e. The molecule has 3 aromatic rings. The Morgan fingerprint density at radius 2 is 2.00 bits per heavy atom. The van der Waals surface area contributed by atoms with Crippen molar-refractivity contribution in [3.8, 4) is 5.75 Å². The zero-order valence-electron chi connectivity index (χ0n) is 17.2. The van der Waals surface area contributed by atoms with Crippen LogP contribution < -0.4 is 16.0 Å². The maximum Gasteiger partial charge on any atom is 0.340 e. The quantitative estimate of drug-likeness (QED) is 0.365. The third kappa shape index (κ3) is 3.51. The van der Waals surface area contributed by atoms with Gasteiger partial charge in [-0.2, -0.15) is 0 Å². The summed E-state index contributed by atoms with van der Waals surface area (Å²) in [6.07, 6.45) is 1.51. The number of furan rings is 1. The number of non-ortho nitro benzene ring substituents is 1. The van der Waals surface area contributed by atoms with Crippen LogP contribution in [0.1, 0.15) is 28.5 Å². The molecule has 0 spiro atoms. The second kappa shape index (κ2) is 8.06. The van der Waals surface area contributed by atoms with Crippen LogP contribution in [0.3, 0.4) is 0 Å². The molecule has 2 N–H and O–H groups in total. The van der Waals surface area contributed by atoms with E-state index in [2.05, 4.69) is 0 Å². The number of aryl methyl sites for hydroxylation is 1. The van der Waals surface area contributed by atoms with Gasteiger partial charge >= 0.3 is 5.97 Å².